The standard InChI is InChI=1S/C63H82FN5O15/c1-40-50(70)36-46(42-20-13-12-14-21-42)57(74)67(9)49(37-83-62(2,3)4)59(76)68-31-19-23-47(68)58(75)65(7)29-17-16-24-55(72)82-39-63(5,6)56(73)60(77)69-30-18-15-22-48(69)61(78)84-51(27-25-41-26-28-52(79-10)53(32-41)80-11)43-33-44(64)35-45(34-43)81-38-54(71)66(40)8/h12-14,16,20-21,24,26,28,32-35,40,46-49,51H,15,17-19,22-23,25,27,29-31,36-39H2,1-11H3/t40-,46?,47-,48-,49-,51+/m0/s1. The van der Waals surface area contributed by atoms with E-state index in [0.717, 1.165) is 28.7 Å². The zero-order valence-electron chi connectivity index (χ0n) is 50.3. The second-order valence-electron chi connectivity index (χ2n) is 23.3. The van der Waals surface area contributed by atoms with E-state index in [0.29, 0.717) is 42.7 Å². The molecule has 0 aliphatic carbocycles. The molecule has 5 amide bonds. The second kappa shape index (κ2) is 29.2. The number of fused-ring (bicyclic) bond motifs is 4. The molecule has 3 aliphatic heterocycles. The monoisotopic (exact) mass is 1170 g/mol. The molecule has 84 heavy (non-hydrogen) atoms. The Morgan fingerprint density at radius 2 is 1.42 bits per heavy atom. The Bertz CT molecular complexity index is 2910. The van der Waals surface area contributed by atoms with Crippen molar-refractivity contribution in [3.05, 3.63) is 101 Å². The first kappa shape index (κ1) is 65.5. The summed E-state index contributed by atoms with van der Waals surface area (Å²) in [7, 11) is 7.43. The van der Waals surface area contributed by atoms with Gasteiger partial charge in [-0.15, -0.1) is 0 Å². The number of hydrogen-bond donors (Lipinski definition) is 0. The number of methoxy groups -OCH3 is 2. The van der Waals surface area contributed by atoms with Gasteiger partial charge in [0.1, 0.15) is 42.4 Å². The van der Waals surface area contributed by atoms with Gasteiger partial charge in [-0.2, -0.15) is 0 Å². The lowest BCUT2D eigenvalue weighted by Crippen LogP contribution is -2.56. The fraction of sp³-hybridized carbons (Fsp3) is 0.540. The van der Waals surface area contributed by atoms with E-state index in [1.165, 1.54) is 80.8 Å². The van der Waals surface area contributed by atoms with E-state index in [9.17, 15) is 43.2 Å². The Labute approximate surface area is 491 Å². The van der Waals surface area contributed by atoms with Crippen molar-refractivity contribution in [1.82, 2.24) is 24.5 Å². The minimum absolute atomic E-state index is 0.0476. The van der Waals surface area contributed by atoms with Gasteiger partial charge in [0.2, 0.25) is 23.5 Å². The molecule has 3 aromatic carbocycles. The largest absolute Gasteiger partial charge is 0.493 e. The molecule has 2 bridgehead atoms. The lowest BCUT2D eigenvalue weighted by atomic mass is 9.87. The fourth-order valence-corrected chi connectivity index (χ4v) is 10.4. The van der Waals surface area contributed by atoms with E-state index >= 15 is 4.39 Å². The molecule has 20 nitrogen and oxygen atoms in total. The number of cyclic esters (lactones) is 2. The smallest absolute Gasteiger partial charge is 0.330 e. The van der Waals surface area contributed by atoms with E-state index in [2.05, 4.69) is 0 Å². The normalized spacial score (nSPS) is 23.8. The number of rotatable bonds is 8. The van der Waals surface area contributed by atoms with Gasteiger partial charge in [-0.25, -0.2) is 14.0 Å². The average Bonchev–Trinajstić information content (AvgIpc) is 3.27. The van der Waals surface area contributed by atoms with Crippen LogP contribution in [-0.4, -0.2) is 182 Å². The molecule has 3 heterocycles. The quantitative estimate of drug-likeness (QED) is 0.171. The summed E-state index contributed by atoms with van der Waals surface area (Å²) in [6, 6.07) is 13.1. The Kier molecular flexibility index (Phi) is 22.8. The SMILES string of the molecule is COc1ccc(CC[C@H]2OC(=O)[C@@H]3CCCCN3C(=O)C(=O)C(C)(C)COC(=O)C=CCCN(C)C(=O)[C@@H]3CCCN3C(=O)[C@H](COC(C)(C)C)N(C)C(=O)C(c3ccccc3)CC(=O)[C@H](C)N(C)C(=O)COc3cc(F)cc2c3)cc1OC. The number of carbonyl (C=O) groups excluding carboxylic acids is 9. The molecule has 0 spiro atoms. The molecule has 2 saturated heterocycles. The number of piperidine rings is 1. The number of Topliss-reactive ketones (excluding diaryl/α,β-unsaturated/α-hetero) is 2. The summed E-state index contributed by atoms with van der Waals surface area (Å²) in [5.74, 6) is -7.26. The third kappa shape index (κ3) is 17.0. The topological polar surface area (TPSA) is 225 Å². The number of ketones is 2. The number of esters is 2. The molecule has 0 N–H and O–H groups in total. The van der Waals surface area contributed by atoms with Crippen LogP contribution in [0.4, 0.5) is 4.39 Å². The summed E-state index contributed by atoms with van der Waals surface area (Å²) in [6.07, 6.45) is 3.67. The van der Waals surface area contributed by atoms with Crippen LogP contribution in [0.5, 0.6) is 17.2 Å². The number of amides is 5. The highest BCUT2D eigenvalue weighted by Crippen LogP contribution is 2.34. The van der Waals surface area contributed by atoms with Crippen molar-refractivity contribution in [3.63, 3.8) is 0 Å². The Morgan fingerprint density at radius 3 is 2.11 bits per heavy atom. The molecule has 2 fully saturated rings. The average molecular weight is 1170 g/mol. The van der Waals surface area contributed by atoms with Crippen LogP contribution in [0.1, 0.15) is 122 Å². The first-order valence-electron chi connectivity index (χ1n) is 28.6. The Hall–Kier alpha value is -7.68. The summed E-state index contributed by atoms with van der Waals surface area (Å²) in [4.78, 5) is 134. The molecule has 0 aromatic heterocycles. The molecule has 6 rings (SSSR count). The highest BCUT2D eigenvalue weighted by atomic mass is 19.1. The molecule has 3 aliphatic rings. The van der Waals surface area contributed by atoms with Crippen LogP contribution in [0.25, 0.3) is 0 Å². The van der Waals surface area contributed by atoms with E-state index in [1.807, 2.05) is 0 Å². The van der Waals surface area contributed by atoms with E-state index in [4.69, 9.17) is 28.4 Å². The summed E-state index contributed by atoms with van der Waals surface area (Å²) in [5, 5.41) is 0. The second-order valence-corrected chi connectivity index (χ2v) is 23.3. The van der Waals surface area contributed by atoms with Gasteiger partial charge in [0.05, 0.1) is 43.8 Å². The molecule has 1 unspecified atom stereocenters. The van der Waals surface area contributed by atoms with Crippen molar-refractivity contribution in [1.29, 1.82) is 0 Å². The van der Waals surface area contributed by atoms with Gasteiger partial charge in [0, 0.05) is 59.3 Å². The third-order valence-electron chi connectivity index (χ3n) is 15.7. The van der Waals surface area contributed by atoms with Gasteiger partial charge in [0.25, 0.3) is 11.8 Å². The molecular formula is C63H82FN5O15. The van der Waals surface area contributed by atoms with E-state index in [1.54, 1.807) is 76.3 Å². The lowest BCUT2D eigenvalue weighted by molar-refractivity contribution is -0.165. The molecule has 6 atom stereocenters. The zero-order chi connectivity index (χ0) is 61.6. The van der Waals surface area contributed by atoms with Crippen LogP contribution in [0.15, 0.2) is 78.9 Å². The number of nitrogens with zero attached hydrogens (tertiary/aromatic N) is 5. The summed E-state index contributed by atoms with van der Waals surface area (Å²) in [6.45, 7) is 8.87. The molecular weight excluding hydrogens is 1090 g/mol. The predicted octanol–water partition coefficient (Wildman–Crippen LogP) is 6.60. The van der Waals surface area contributed by atoms with Gasteiger partial charge in [-0.05, 0) is 134 Å². The number of carbonyl (C=O) groups is 9. The number of aryl methyl sites for hydroxylation is 1. The fourth-order valence-electron chi connectivity index (χ4n) is 10.4. The van der Waals surface area contributed by atoms with Crippen LogP contribution < -0.4 is 14.2 Å². The summed E-state index contributed by atoms with van der Waals surface area (Å²) >= 11 is 0. The maximum absolute atomic E-state index is 15.8. The third-order valence-corrected chi connectivity index (χ3v) is 15.7. The van der Waals surface area contributed by atoms with E-state index < -0.39 is 113 Å². The minimum Gasteiger partial charge on any atom is -0.493 e. The van der Waals surface area contributed by atoms with Crippen molar-refractivity contribution in [2.24, 2.45) is 5.41 Å². The van der Waals surface area contributed by atoms with Crippen molar-refractivity contribution in [2.75, 3.05) is 74.8 Å². The molecule has 456 valence electrons. The number of ether oxygens (including phenoxy) is 6. The number of hydrogen-bond acceptors (Lipinski definition) is 15. The number of benzene rings is 3. The predicted molar refractivity (Wildman–Crippen MR) is 307 cm³/mol. The van der Waals surface area contributed by atoms with Gasteiger partial charge in [0.15, 0.2) is 23.9 Å². The maximum Gasteiger partial charge on any atom is 0.330 e. The molecule has 21 heteroatoms. The number of likely N-dealkylation sites (N-methyl/N-ethyl adjacent to an activating group) is 3. The van der Waals surface area contributed by atoms with Crippen LogP contribution >= 0.6 is 0 Å². The van der Waals surface area contributed by atoms with Crippen LogP contribution in [0.3, 0.4) is 0 Å². The van der Waals surface area contributed by atoms with Crippen molar-refractivity contribution in [2.45, 2.75) is 141 Å². The summed E-state index contributed by atoms with van der Waals surface area (Å²) < 4.78 is 50.5. The van der Waals surface area contributed by atoms with Crippen molar-refractivity contribution >= 4 is 53.0 Å². The highest BCUT2D eigenvalue weighted by molar-refractivity contribution is 6.38. The van der Waals surface area contributed by atoms with Crippen LogP contribution in [0, 0.1) is 11.2 Å². The van der Waals surface area contributed by atoms with Crippen LogP contribution in [-0.2, 0) is 63.8 Å². The van der Waals surface area contributed by atoms with E-state index in [-0.39, 0.29) is 75.6 Å². The highest BCUT2D eigenvalue weighted by Gasteiger charge is 2.45. The molecule has 3 aromatic rings. The lowest BCUT2D eigenvalue weighted by Gasteiger charge is -2.36. The minimum atomic E-state index is -1.53. The van der Waals surface area contributed by atoms with Gasteiger partial charge in [-0.3, -0.25) is 33.6 Å². The Morgan fingerprint density at radius 1 is 0.726 bits per heavy atom. The maximum atomic E-state index is 15.8. The first-order valence-corrected chi connectivity index (χ1v) is 28.6. The first-order chi connectivity index (χ1) is 39.7. The molecule has 0 radical (unpaired) electrons. The van der Waals surface area contributed by atoms with Crippen molar-refractivity contribution in [3.8, 4) is 17.2 Å². The molecule has 0 saturated carbocycles. The Balaban J connectivity index is 1.34. The van der Waals surface area contributed by atoms with Gasteiger partial charge in [-0.1, -0.05) is 42.5 Å². The zero-order valence-corrected chi connectivity index (χ0v) is 50.3. The summed E-state index contributed by atoms with van der Waals surface area (Å²) in [5.41, 5.74) is -0.897. The van der Waals surface area contributed by atoms with Gasteiger partial charge < -0.3 is 52.9 Å². The van der Waals surface area contributed by atoms with Crippen molar-refractivity contribution < 1.29 is 76.0 Å². The van der Waals surface area contributed by atoms with Gasteiger partial charge >= 0.3 is 11.9 Å². The number of halogens is 1. The van der Waals surface area contributed by atoms with Crippen LogP contribution in [0.2, 0.25) is 0 Å².